The van der Waals surface area contributed by atoms with Crippen LogP contribution in [-0.4, -0.2) is 40.5 Å². The number of carbonyl (C=O) groups is 1. The molecule has 0 radical (unpaired) electrons. The number of hydrogen-bond acceptors (Lipinski definition) is 5. The molecule has 1 amide bonds. The molecule has 1 aromatic heterocycles. The molecule has 1 aromatic carbocycles. The molecule has 0 unspecified atom stereocenters. The number of anilines is 1. The highest BCUT2D eigenvalue weighted by Gasteiger charge is 2.47. The highest BCUT2D eigenvalue weighted by atomic mass is 79.9. The molecule has 2 aromatic rings. The van der Waals surface area contributed by atoms with Crippen LogP contribution in [0.25, 0.3) is 0 Å². The van der Waals surface area contributed by atoms with Crippen molar-refractivity contribution in [3.8, 4) is 0 Å². The molecule has 1 aliphatic carbocycles. The van der Waals surface area contributed by atoms with Gasteiger partial charge in [0.25, 0.3) is 5.91 Å². The van der Waals surface area contributed by atoms with E-state index in [1.165, 1.54) is 12.1 Å². The number of rotatable bonds is 4. The number of carbonyl (C=O) groups excluding carboxylic acids is 1. The lowest BCUT2D eigenvalue weighted by molar-refractivity contribution is -0.141. The van der Waals surface area contributed by atoms with Crippen LogP contribution in [0.15, 0.2) is 33.7 Å². The summed E-state index contributed by atoms with van der Waals surface area (Å²) < 4.78 is 54.4. The molecule has 180 valence electrons. The van der Waals surface area contributed by atoms with Crippen LogP contribution < -0.4 is 10.2 Å². The van der Waals surface area contributed by atoms with Gasteiger partial charge in [0.2, 0.25) is 0 Å². The maximum atomic E-state index is 14.3. The number of nitrogens with one attached hydrogen (secondary N) is 1. The molecule has 0 bridgehead atoms. The monoisotopic (exact) mass is 540 g/mol. The molecule has 1 saturated carbocycles. The highest BCUT2D eigenvalue weighted by molar-refractivity contribution is 9.10. The van der Waals surface area contributed by atoms with Crippen molar-refractivity contribution in [1.82, 2.24) is 10.3 Å². The van der Waals surface area contributed by atoms with Crippen molar-refractivity contribution in [2.24, 2.45) is 4.99 Å². The summed E-state index contributed by atoms with van der Waals surface area (Å²) in [6.45, 7) is 0.339. The van der Waals surface area contributed by atoms with E-state index in [0.717, 1.165) is 18.9 Å². The van der Waals surface area contributed by atoms with Gasteiger partial charge in [0, 0.05) is 40.3 Å². The lowest BCUT2D eigenvalue weighted by atomic mass is 9.87. The summed E-state index contributed by atoms with van der Waals surface area (Å²) in [5, 5.41) is 12.4. The quantitative estimate of drug-likeness (QED) is 0.567. The molecule has 2 N–H and O–H groups in total. The fourth-order valence-corrected chi connectivity index (χ4v) is 5.05. The fraction of sp³-hybridized carbons (Fsp3) is 0.435. The molecular weight excluding hydrogens is 520 g/mol. The Morgan fingerprint density at radius 2 is 1.91 bits per heavy atom. The smallest absolute Gasteiger partial charge is 0.391 e. The molecular formula is C23H21BrF4N4O2. The maximum absolute atomic E-state index is 14.3. The number of pyridine rings is 1. The predicted molar refractivity (Wildman–Crippen MR) is 120 cm³/mol. The van der Waals surface area contributed by atoms with Crippen molar-refractivity contribution in [2.45, 2.75) is 49.9 Å². The van der Waals surface area contributed by atoms with Gasteiger partial charge in [-0.15, -0.1) is 0 Å². The Kier molecular flexibility index (Phi) is 5.67. The van der Waals surface area contributed by atoms with Gasteiger partial charge in [-0.2, -0.15) is 13.2 Å². The number of hydrogen-bond donors (Lipinski definition) is 2. The minimum atomic E-state index is -4.55. The van der Waals surface area contributed by atoms with Crippen LogP contribution in [0.4, 0.5) is 23.2 Å². The summed E-state index contributed by atoms with van der Waals surface area (Å²) in [5.41, 5.74) is -0.509. The molecule has 3 heterocycles. The number of aliphatic hydroxyl groups excluding tert-OH is 1. The van der Waals surface area contributed by atoms with E-state index in [1.807, 2.05) is 4.90 Å². The van der Waals surface area contributed by atoms with Gasteiger partial charge in [-0.05, 0) is 49.9 Å². The van der Waals surface area contributed by atoms with Crippen molar-refractivity contribution in [3.63, 3.8) is 0 Å². The Balaban J connectivity index is 1.42. The van der Waals surface area contributed by atoms with E-state index in [0.29, 0.717) is 47.3 Å². The van der Waals surface area contributed by atoms with Gasteiger partial charge in [-0.25, -0.2) is 9.37 Å². The normalized spacial score (nSPS) is 20.0. The van der Waals surface area contributed by atoms with Crippen LogP contribution in [0.3, 0.4) is 0 Å². The summed E-state index contributed by atoms with van der Waals surface area (Å²) in [6.07, 6.45) is -2.36. The minimum absolute atomic E-state index is 0.0707. The Morgan fingerprint density at radius 1 is 1.21 bits per heavy atom. The Labute approximate surface area is 201 Å². The Hall–Kier alpha value is -2.53. The molecule has 1 saturated heterocycles. The number of alkyl halides is 3. The molecule has 2 aliphatic heterocycles. The number of halogens is 5. The van der Waals surface area contributed by atoms with Crippen LogP contribution >= 0.6 is 15.9 Å². The van der Waals surface area contributed by atoms with Gasteiger partial charge in [0.1, 0.15) is 22.9 Å². The number of aliphatic hydroxyl groups is 1. The summed E-state index contributed by atoms with van der Waals surface area (Å²) in [5.74, 6) is -0.634. The lowest BCUT2D eigenvalue weighted by Crippen LogP contribution is -2.49. The van der Waals surface area contributed by atoms with E-state index in [4.69, 9.17) is 0 Å². The van der Waals surface area contributed by atoms with Crippen LogP contribution in [-0.2, 0) is 17.6 Å². The predicted octanol–water partition coefficient (Wildman–Crippen LogP) is 4.29. The standard InChI is InChI=1S/C23H21BrF4N4O2/c24-13-9-16(25)15(11-33)17(10-13)32-7-5-22(6-8-32)21(34)30-20(31-22)14-3-4-18(23(26,27)28)29-19(14)12-1-2-12/h3-4,9-10,12,33H,1-2,5-8,11H2,(H,30,31,34). The van der Waals surface area contributed by atoms with Gasteiger partial charge >= 0.3 is 6.18 Å². The van der Waals surface area contributed by atoms with Gasteiger partial charge < -0.3 is 15.3 Å². The zero-order valence-electron chi connectivity index (χ0n) is 17.9. The third-order valence-electron chi connectivity index (χ3n) is 6.64. The fourth-order valence-electron chi connectivity index (χ4n) is 4.63. The van der Waals surface area contributed by atoms with Crippen molar-refractivity contribution in [3.05, 3.63) is 57.1 Å². The molecule has 34 heavy (non-hydrogen) atoms. The average Bonchev–Trinajstić information content (AvgIpc) is 3.58. The summed E-state index contributed by atoms with van der Waals surface area (Å²) in [4.78, 5) is 23.4. The largest absolute Gasteiger partial charge is 0.433 e. The maximum Gasteiger partial charge on any atom is 0.433 e. The summed E-state index contributed by atoms with van der Waals surface area (Å²) >= 11 is 3.28. The number of piperidine rings is 1. The van der Waals surface area contributed by atoms with Crippen LogP contribution in [0.2, 0.25) is 0 Å². The summed E-state index contributed by atoms with van der Waals surface area (Å²) in [6, 6.07) is 5.28. The first kappa shape index (κ1) is 23.2. The van der Waals surface area contributed by atoms with Crippen LogP contribution in [0.1, 0.15) is 54.1 Å². The van der Waals surface area contributed by atoms with Crippen LogP contribution in [0, 0.1) is 5.82 Å². The van der Waals surface area contributed by atoms with E-state index in [2.05, 4.69) is 31.2 Å². The number of amidine groups is 1. The molecule has 11 heteroatoms. The number of benzene rings is 1. The number of amides is 1. The second kappa shape index (κ2) is 8.30. The first-order valence-electron chi connectivity index (χ1n) is 10.9. The van der Waals surface area contributed by atoms with Crippen molar-refractivity contribution in [2.75, 3.05) is 18.0 Å². The van der Waals surface area contributed by atoms with Crippen LogP contribution in [0.5, 0.6) is 0 Å². The van der Waals surface area contributed by atoms with E-state index in [1.54, 1.807) is 6.07 Å². The first-order valence-corrected chi connectivity index (χ1v) is 11.7. The molecule has 3 aliphatic rings. The van der Waals surface area contributed by atoms with Gasteiger partial charge in [-0.3, -0.25) is 9.79 Å². The highest BCUT2D eigenvalue weighted by Crippen LogP contribution is 2.43. The molecule has 5 rings (SSSR count). The van der Waals surface area contributed by atoms with E-state index in [-0.39, 0.29) is 23.2 Å². The van der Waals surface area contributed by atoms with Gasteiger partial charge in [0.15, 0.2) is 0 Å². The third-order valence-corrected chi connectivity index (χ3v) is 7.10. The van der Waals surface area contributed by atoms with E-state index in [9.17, 15) is 27.5 Å². The first-order chi connectivity index (χ1) is 16.1. The average molecular weight is 541 g/mol. The second-order valence-electron chi connectivity index (χ2n) is 8.88. The lowest BCUT2D eigenvalue weighted by Gasteiger charge is -2.37. The van der Waals surface area contributed by atoms with Crippen molar-refractivity contribution in [1.29, 1.82) is 0 Å². The molecule has 2 fully saturated rings. The van der Waals surface area contributed by atoms with Crippen molar-refractivity contribution >= 4 is 33.4 Å². The number of nitrogens with zero attached hydrogens (tertiary/aromatic N) is 3. The number of aromatic nitrogens is 1. The van der Waals surface area contributed by atoms with E-state index >= 15 is 0 Å². The van der Waals surface area contributed by atoms with Gasteiger partial charge in [-0.1, -0.05) is 15.9 Å². The molecule has 6 nitrogen and oxygen atoms in total. The molecule has 0 atom stereocenters. The van der Waals surface area contributed by atoms with Gasteiger partial charge in [0.05, 0.1) is 12.3 Å². The molecule has 1 spiro atoms. The Bertz CT molecular complexity index is 1190. The summed E-state index contributed by atoms with van der Waals surface area (Å²) in [7, 11) is 0. The van der Waals surface area contributed by atoms with E-state index < -0.39 is 29.8 Å². The second-order valence-corrected chi connectivity index (χ2v) is 9.79. The SMILES string of the molecule is O=C1NC(c2ccc(C(F)(F)F)nc2C2CC2)=NC12CCN(c1cc(Br)cc(F)c1CO)CC2. The zero-order valence-corrected chi connectivity index (χ0v) is 19.5. The minimum Gasteiger partial charge on any atom is -0.391 e. The topological polar surface area (TPSA) is 77.8 Å². The zero-order chi connectivity index (χ0) is 24.3. The third kappa shape index (κ3) is 4.08. The Morgan fingerprint density at radius 3 is 2.53 bits per heavy atom. The number of aliphatic imine (C=N–C) groups is 1. The van der Waals surface area contributed by atoms with Crippen molar-refractivity contribution < 1.29 is 27.5 Å².